The summed E-state index contributed by atoms with van der Waals surface area (Å²) in [5.41, 5.74) is 13.8. The summed E-state index contributed by atoms with van der Waals surface area (Å²) in [4.78, 5) is 10.5. The predicted molar refractivity (Wildman–Crippen MR) is 246 cm³/mol. The molecule has 0 aliphatic carbocycles. The van der Waals surface area contributed by atoms with E-state index >= 15 is 0 Å². The lowest BCUT2D eigenvalue weighted by atomic mass is 9.93. The van der Waals surface area contributed by atoms with E-state index in [0.717, 1.165) is 68.4 Å². The van der Waals surface area contributed by atoms with Crippen LogP contribution < -0.4 is 0 Å². The fourth-order valence-electron chi connectivity index (χ4n) is 8.43. The van der Waals surface area contributed by atoms with Crippen LogP contribution in [0.1, 0.15) is 29.5 Å². The van der Waals surface area contributed by atoms with E-state index in [1.54, 1.807) is 0 Å². The Morgan fingerprint density at radius 3 is 1.72 bits per heavy atom. The molecule has 11 rings (SSSR count). The molecule has 0 bridgehead atoms. The average molecular weight is 761 g/mol. The first-order valence-electron chi connectivity index (χ1n) is 19.8. The Kier molecular flexibility index (Phi) is 8.49. The van der Waals surface area contributed by atoms with Gasteiger partial charge in [0.15, 0.2) is 5.84 Å². The van der Waals surface area contributed by atoms with Crippen molar-refractivity contribution in [1.82, 2.24) is 0 Å². The maximum atomic E-state index is 7.08. The third-order valence-corrected chi connectivity index (χ3v) is 12.4. The number of fused-ring (bicyclic) bond motifs is 6. The lowest BCUT2D eigenvalue weighted by molar-refractivity contribution is 0.668. The molecule has 0 atom stereocenters. The number of rotatable bonds is 6. The van der Waals surface area contributed by atoms with E-state index in [-0.39, 0.29) is 0 Å². The van der Waals surface area contributed by atoms with Crippen molar-refractivity contribution in [1.29, 1.82) is 0 Å². The van der Waals surface area contributed by atoms with E-state index in [1.165, 1.54) is 48.0 Å². The van der Waals surface area contributed by atoms with Crippen molar-refractivity contribution >= 4 is 70.7 Å². The second-order valence-electron chi connectivity index (χ2n) is 14.7. The van der Waals surface area contributed by atoms with Crippen LogP contribution in [0.2, 0.25) is 0 Å². The predicted octanol–water partition coefficient (Wildman–Crippen LogP) is 15.0. The minimum absolute atomic E-state index is 0.696. The molecule has 0 amide bonds. The van der Waals surface area contributed by atoms with Crippen LogP contribution >= 0.6 is 11.3 Å². The Bertz CT molecular complexity index is 3240. The molecule has 274 valence electrons. The molecule has 8 aromatic carbocycles. The molecule has 1 aliphatic heterocycles. The van der Waals surface area contributed by atoms with Gasteiger partial charge in [0.1, 0.15) is 11.2 Å². The topological polar surface area (TPSA) is 37.9 Å². The van der Waals surface area contributed by atoms with Crippen LogP contribution in [0.4, 0.5) is 0 Å². The minimum atomic E-state index is 0.696. The molecule has 0 unspecified atom stereocenters. The van der Waals surface area contributed by atoms with Gasteiger partial charge >= 0.3 is 0 Å². The minimum Gasteiger partial charge on any atom is -0.455 e. The van der Waals surface area contributed by atoms with Crippen molar-refractivity contribution < 1.29 is 4.42 Å². The number of furan rings is 1. The van der Waals surface area contributed by atoms with Gasteiger partial charge in [-0.3, -0.25) is 0 Å². The molecule has 0 spiro atoms. The molecule has 0 N–H and O–H groups in total. The van der Waals surface area contributed by atoms with Crippen molar-refractivity contribution in [2.75, 3.05) is 0 Å². The van der Waals surface area contributed by atoms with Crippen LogP contribution in [-0.2, 0) is 0 Å². The number of aliphatic imine (C=N–C) groups is 2. The Balaban J connectivity index is 1.06. The lowest BCUT2D eigenvalue weighted by Crippen LogP contribution is -2.09. The third-order valence-electron chi connectivity index (χ3n) is 11.2. The van der Waals surface area contributed by atoms with Crippen LogP contribution in [0.5, 0.6) is 0 Å². The quantitative estimate of drug-likeness (QED) is 0.166. The first-order chi connectivity index (χ1) is 28.8. The van der Waals surface area contributed by atoms with Gasteiger partial charge in [-0.15, -0.1) is 11.3 Å². The first-order valence-corrected chi connectivity index (χ1v) is 20.6. The monoisotopic (exact) mass is 760 g/mol. The van der Waals surface area contributed by atoms with Gasteiger partial charge in [0.25, 0.3) is 0 Å². The van der Waals surface area contributed by atoms with Gasteiger partial charge in [0.2, 0.25) is 0 Å². The van der Waals surface area contributed by atoms with Crippen LogP contribution in [0, 0.1) is 0 Å². The summed E-state index contributed by atoms with van der Waals surface area (Å²) < 4.78 is 9.60. The molecular formula is C54H36N2OS. The maximum absolute atomic E-state index is 7.08. The Morgan fingerprint density at radius 2 is 0.983 bits per heavy atom. The van der Waals surface area contributed by atoms with E-state index in [0.29, 0.717) is 5.84 Å². The normalized spacial score (nSPS) is 16.0. The summed E-state index contributed by atoms with van der Waals surface area (Å²) >= 11 is 1.85. The molecule has 58 heavy (non-hydrogen) atoms. The average Bonchev–Trinajstić information content (AvgIpc) is 3.87. The van der Waals surface area contributed by atoms with Crippen molar-refractivity contribution in [2.24, 2.45) is 9.98 Å². The Labute approximate surface area is 340 Å². The highest BCUT2D eigenvalue weighted by molar-refractivity contribution is 7.26. The first kappa shape index (κ1) is 34.1. The summed E-state index contributed by atoms with van der Waals surface area (Å²) in [6, 6.07) is 66.6. The summed E-state index contributed by atoms with van der Waals surface area (Å²) in [5.74, 6) is 0.696. The standard InChI is InChI=1S/C54H36N2OS/c1-4-15-35(16-5-1)36-29-31-37(32-30-36)40-33-34-44(53-50(40)46-21-10-11-28-49(46)58-53)43-24-12-22-41-42-23-13-25-45(52(42)57-51(41)43)48-27-14-26-47(38-17-6-2-7-18-38)55-54(56-48)39-19-8-3-9-20-39/h1-13,15-25,27-34H,14,26H2/b48-27-,55-47+,56-54-. The summed E-state index contributed by atoms with van der Waals surface area (Å²) in [5, 5.41) is 4.71. The number of benzene rings is 8. The van der Waals surface area contributed by atoms with Gasteiger partial charge in [-0.2, -0.15) is 0 Å². The molecule has 0 fully saturated rings. The summed E-state index contributed by atoms with van der Waals surface area (Å²) in [7, 11) is 0. The molecule has 1 aliphatic rings. The van der Waals surface area contributed by atoms with Crippen LogP contribution in [0.15, 0.2) is 209 Å². The third kappa shape index (κ3) is 5.98. The van der Waals surface area contributed by atoms with Crippen LogP contribution in [0.25, 0.3) is 81.2 Å². The molecule has 10 aromatic rings. The van der Waals surface area contributed by atoms with E-state index in [4.69, 9.17) is 14.4 Å². The second kappa shape index (κ2) is 14.4. The highest BCUT2D eigenvalue weighted by Crippen LogP contribution is 2.47. The van der Waals surface area contributed by atoms with Crippen molar-refractivity contribution in [2.45, 2.75) is 12.8 Å². The van der Waals surface area contributed by atoms with E-state index in [2.05, 4.69) is 170 Å². The highest BCUT2D eigenvalue weighted by Gasteiger charge is 2.22. The summed E-state index contributed by atoms with van der Waals surface area (Å²) in [6.45, 7) is 0. The number of amidine groups is 1. The molecule has 2 aromatic heterocycles. The maximum Gasteiger partial charge on any atom is 0.160 e. The van der Waals surface area contributed by atoms with Gasteiger partial charge in [0.05, 0.1) is 11.4 Å². The van der Waals surface area contributed by atoms with E-state index < -0.39 is 0 Å². The molecule has 4 heteroatoms. The van der Waals surface area contributed by atoms with Gasteiger partial charge in [-0.05, 0) is 52.8 Å². The molecule has 0 radical (unpaired) electrons. The van der Waals surface area contributed by atoms with Crippen molar-refractivity contribution in [3.63, 3.8) is 0 Å². The second-order valence-corrected chi connectivity index (χ2v) is 15.8. The Hall–Kier alpha value is -7.14. The number of hydrogen-bond acceptors (Lipinski definition) is 4. The lowest BCUT2D eigenvalue weighted by Gasteiger charge is -2.13. The number of para-hydroxylation sites is 2. The fraction of sp³-hybridized carbons (Fsp3) is 0.0370. The molecule has 3 nitrogen and oxygen atoms in total. The number of thiophene rings is 1. The fourth-order valence-corrected chi connectivity index (χ4v) is 9.68. The van der Waals surface area contributed by atoms with Crippen LogP contribution in [0.3, 0.4) is 0 Å². The van der Waals surface area contributed by atoms with Gasteiger partial charge in [-0.25, -0.2) is 9.98 Å². The molecule has 0 saturated carbocycles. The highest BCUT2D eigenvalue weighted by atomic mass is 32.1. The smallest absolute Gasteiger partial charge is 0.160 e. The summed E-state index contributed by atoms with van der Waals surface area (Å²) in [6.07, 6.45) is 3.86. The number of nitrogens with zero attached hydrogens (tertiary/aromatic N) is 2. The van der Waals surface area contributed by atoms with Crippen molar-refractivity contribution in [3.05, 3.63) is 211 Å². The van der Waals surface area contributed by atoms with Gasteiger partial charge in [-0.1, -0.05) is 182 Å². The Morgan fingerprint density at radius 1 is 0.414 bits per heavy atom. The van der Waals surface area contributed by atoms with Gasteiger partial charge < -0.3 is 4.42 Å². The number of allylic oxidation sites excluding steroid dienone is 1. The van der Waals surface area contributed by atoms with E-state index in [9.17, 15) is 0 Å². The van der Waals surface area contributed by atoms with Crippen molar-refractivity contribution in [3.8, 4) is 33.4 Å². The zero-order valence-corrected chi connectivity index (χ0v) is 32.4. The molecular weight excluding hydrogens is 725 g/mol. The zero-order valence-electron chi connectivity index (χ0n) is 31.6. The van der Waals surface area contributed by atoms with Crippen LogP contribution in [-0.4, -0.2) is 11.5 Å². The largest absolute Gasteiger partial charge is 0.455 e. The zero-order chi connectivity index (χ0) is 38.4. The van der Waals surface area contributed by atoms with Gasteiger partial charge in [0, 0.05) is 53.2 Å². The number of hydrogen-bond donors (Lipinski definition) is 0. The molecule has 3 heterocycles. The van der Waals surface area contributed by atoms with E-state index in [1.807, 2.05) is 35.6 Å². The SMILES string of the molecule is C1=C(c2cccc3c2oc2c(-c4ccc(-c5ccc(-c6ccccc6)cc5)c5c4sc4ccccc45)cccc23)/N=C(c2ccccc2)\N=C(\c2ccccc2)CC\1. The molecule has 0 saturated heterocycles.